The van der Waals surface area contributed by atoms with Crippen molar-refractivity contribution in [1.82, 2.24) is 9.97 Å². The fourth-order valence-electron chi connectivity index (χ4n) is 0.671. The third-order valence-corrected chi connectivity index (χ3v) is 1.83. The summed E-state index contributed by atoms with van der Waals surface area (Å²) in [6.45, 7) is 0.456. The van der Waals surface area contributed by atoms with E-state index in [9.17, 15) is 0 Å². The Bertz CT molecular complexity index is 293. The molecule has 0 amide bonds. The van der Waals surface area contributed by atoms with Crippen LogP contribution in [-0.4, -0.2) is 22.8 Å². The van der Waals surface area contributed by atoms with Crippen LogP contribution in [0.4, 0.5) is 5.95 Å². The number of terminal acetylenes is 1. The van der Waals surface area contributed by atoms with E-state index in [1.165, 1.54) is 0 Å². The monoisotopic (exact) mass is 179 g/mol. The zero-order valence-corrected chi connectivity index (χ0v) is 7.56. The van der Waals surface area contributed by atoms with Crippen molar-refractivity contribution in [3.8, 4) is 12.3 Å². The Balaban J connectivity index is 2.67. The number of thioether (sulfide) groups is 1. The highest BCUT2D eigenvalue weighted by Gasteiger charge is 1.94. The number of rotatable bonds is 3. The SMILES string of the molecule is C#CCNc1nccc(SC)n1. The van der Waals surface area contributed by atoms with Crippen LogP contribution in [0.5, 0.6) is 0 Å². The summed E-state index contributed by atoms with van der Waals surface area (Å²) in [6, 6.07) is 1.85. The summed E-state index contributed by atoms with van der Waals surface area (Å²) >= 11 is 1.57. The Morgan fingerprint density at radius 2 is 2.58 bits per heavy atom. The van der Waals surface area contributed by atoms with Crippen LogP contribution in [0.25, 0.3) is 0 Å². The molecule has 62 valence electrons. The van der Waals surface area contributed by atoms with Crippen molar-refractivity contribution in [2.24, 2.45) is 0 Å². The predicted molar refractivity (Wildman–Crippen MR) is 51.1 cm³/mol. The number of anilines is 1. The van der Waals surface area contributed by atoms with Gasteiger partial charge in [0.1, 0.15) is 5.03 Å². The largest absolute Gasteiger partial charge is 0.343 e. The van der Waals surface area contributed by atoms with E-state index in [-0.39, 0.29) is 0 Å². The Morgan fingerprint density at radius 3 is 3.25 bits per heavy atom. The summed E-state index contributed by atoms with van der Waals surface area (Å²) in [5.74, 6) is 3.04. The molecule has 0 aromatic carbocycles. The minimum atomic E-state index is 0.456. The van der Waals surface area contributed by atoms with E-state index in [0.29, 0.717) is 12.5 Å². The van der Waals surface area contributed by atoms with Gasteiger partial charge in [-0.3, -0.25) is 0 Å². The van der Waals surface area contributed by atoms with E-state index in [2.05, 4.69) is 21.2 Å². The van der Waals surface area contributed by atoms with Crippen LogP contribution in [0, 0.1) is 12.3 Å². The molecule has 0 bridgehead atoms. The molecule has 0 aliphatic heterocycles. The Kier molecular flexibility index (Phi) is 3.42. The smallest absolute Gasteiger partial charge is 0.224 e. The molecule has 1 aromatic heterocycles. The lowest BCUT2D eigenvalue weighted by Crippen LogP contribution is -2.02. The highest BCUT2D eigenvalue weighted by Crippen LogP contribution is 2.11. The number of aromatic nitrogens is 2. The van der Waals surface area contributed by atoms with Crippen molar-refractivity contribution in [3.05, 3.63) is 12.3 Å². The van der Waals surface area contributed by atoms with E-state index in [1.807, 2.05) is 12.3 Å². The molecule has 0 radical (unpaired) electrons. The lowest BCUT2D eigenvalue weighted by Gasteiger charge is -2.00. The van der Waals surface area contributed by atoms with Crippen LogP contribution in [0.2, 0.25) is 0 Å². The highest BCUT2D eigenvalue weighted by atomic mass is 32.2. The van der Waals surface area contributed by atoms with E-state index in [4.69, 9.17) is 6.42 Å². The second-order valence-electron chi connectivity index (χ2n) is 1.98. The molecule has 0 saturated carbocycles. The summed E-state index contributed by atoms with van der Waals surface area (Å²) in [5, 5.41) is 3.83. The van der Waals surface area contributed by atoms with Gasteiger partial charge in [-0.15, -0.1) is 18.2 Å². The molecule has 0 unspecified atom stereocenters. The van der Waals surface area contributed by atoms with Gasteiger partial charge in [0.2, 0.25) is 5.95 Å². The molecule has 12 heavy (non-hydrogen) atoms. The standard InChI is InChI=1S/C8H9N3S/c1-3-5-9-8-10-6-4-7(11-8)12-2/h1,4,6H,5H2,2H3,(H,9,10,11). The number of hydrogen-bond donors (Lipinski definition) is 1. The Labute approximate surface area is 76.0 Å². The number of nitrogens with one attached hydrogen (secondary N) is 1. The lowest BCUT2D eigenvalue weighted by molar-refractivity contribution is 1.04. The molecule has 1 aromatic rings. The van der Waals surface area contributed by atoms with Gasteiger partial charge >= 0.3 is 0 Å². The van der Waals surface area contributed by atoms with Crippen LogP contribution in [0.3, 0.4) is 0 Å². The summed E-state index contributed by atoms with van der Waals surface area (Å²) in [7, 11) is 0. The van der Waals surface area contributed by atoms with E-state index in [1.54, 1.807) is 18.0 Å². The van der Waals surface area contributed by atoms with Crippen LogP contribution in [0.1, 0.15) is 0 Å². The highest BCUT2D eigenvalue weighted by molar-refractivity contribution is 7.98. The normalized spacial score (nSPS) is 9.00. The zero-order chi connectivity index (χ0) is 8.81. The average molecular weight is 179 g/mol. The molecule has 0 spiro atoms. The van der Waals surface area contributed by atoms with Gasteiger partial charge in [0.05, 0.1) is 6.54 Å². The Morgan fingerprint density at radius 1 is 1.75 bits per heavy atom. The first-order valence-electron chi connectivity index (χ1n) is 3.41. The van der Waals surface area contributed by atoms with Gasteiger partial charge in [0, 0.05) is 6.20 Å². The maximum absolute atomic E-state index is 5.07. The second-order valence-corrected chi connectivity index (χ2v) is 2.81. The van der Waals surface area contributed by atoms with Crippen molar-refractivity contribution >= 4 is 17.7 Å². The minimum Gasteiger partial charge on any atom is -0.343 e. The average Bonchev–Trinajstić information content (AvgIpc) is 2.15. The summed E-state index contributed by atoms with van der Waals surface area (Å²) in [5.41, 5.74) is 0. The molecule has 0 atom stereocenters. The van der Waals surface area contributed by atoms with Gasteiger partial charge in [-0.2, -0.15) is 0 Å². The zero-order valence-electron chi connectivity index (χ0n) is 6.74. The van der Waals surface area contributed by atoms with Gasteiger partial charge < -0.3 is 5.32 Å². The fraction of sp³-hybridized carbons (Fsp3) is 0.250. The molecule has 0 aliphatic rings. The fourth-order valence-corrected chi connectivity index (χ4v) is 1.05. The third kappa shape index (κ3) is 2.44. The molecule has 0 aliphatic carbocycles. The van der Waals surface area contributed by atoms with Crippen molar-refractivity contribution < 1.29 is 0 Å². The van der Waals surface area contributed by atoms with Gasteiger partial charge in [0.15, 0.2) is 0 Å². The van der Waals surface area contributed by atoms with Crippen LogP contribution in [-0.2, 0) is 0 Å². The van der Waals surface area contributed by atoms with Crippen LogP contribution >= 0.6 is 11.8 Å². The van der Waals surface area contributed by atoms with Gasteiger partial charge in [-0.05, 0) is 12.3 Å². The van der Waals surface area contributed by atoms with Crippen molar-refractivity contribution in [2.75, 3.05) is 18.1 Å². The molecule has 0 saturated heterocycles. The van der Waals surface area contributed by atoms with Gasteiger partial charge in [0.25, 0.3) is 0 Å². The summed E-state index contributed by atoms with van der Waals surface area (Å²) in [4.78, 5) is 8.17. The molecule has 3 nitrogen and oxygen atoms in total. The Hall–Kier alpha value is -1.21. The first kappa shape index (κ1) is 8.88. The van der Waals surface area contributed by atoms with Crippen LogP contribution < -0.4 is 5.32 Å². The molecule has 1 N–H and O–H groups in total. The van der Waals surface area contributed by atoms with E-state index >= 15 is 0 Å². The van der Waals surface area contributed by atoms with Crippen molar-refractivity contribution in [3.63, 3.8) is 0 Å². The third-order valence-electron chi connectivity index (χ3n) is 1.19. The van der Waals surface area contributed by atoms with Crippen molar-refractivity contribution in [2.45, 2.75) is 5.03 Å². The lowest BCUT2D eigenvalue weighted by atomic mass is 10.6. The number of nitrogens with zero attached hydrogens (tertiary/aromatic N) is 2. The van der Waals surface area contributed by atoms with Gasteiger partial charge in [-0.1, -0.05) is 5.92 Å². The quantitative estimate of drug-likeness (QED) is 0.430. The molecule has 0 fully saturated rings. The molecule has 4 heteroatoms. The predicted octanol–water partition coefficient (Wildman–Crippen LogP) is 1.24. The van der Waals surface area contributed by atoms with E-state index in [0.717, 1.165) is 5.03 Å². The molecular formula is C8H9N3S. The first-order valence-corrected chi connectivity index (χ1v) is 4.63. The summed E-state index contributed by atoms with van der Waals surface area (Å²) in [6.07, 6.45) is 8.75. The van der Waals surface area contributed by atoms with Crippen molar-refractivity contribution in [1.29, 1.82) is 0 Å². The molecular weight excluding hydrogens is 170 g/mol. The summed E-state index contributed by atoms with van der Waals surface area (Å²) < 4.78 is 0. The van der Waals surface area contributed by atoms with Crippen LogP contribution in [0.15, 0.2) is 17.3 Å². The molecule has 1 rings (SSSR count). The van der Waals surface area contributed by atoms with E-state index < -0.39 is 0 Å². The minimum absolute atomic E-state index is 0.456. The maximum Gasteiger partial charge on any atom is 0.224 e. The molecule has 1 heterocycles. The second kappa shape index (κ2) is 4.62. The van der Waals surface area contributed by atoms with Gasteiger partial charge in [-0.25, -0.2) is 9.97 Å². The maximum atomic E-state index is 5.07. The number of hydrogen-bond acceptors (Lipinski definition) is 4. The topological polar surface area (TPSA) is 37.8 Å². The first-order chi connectivity index (χ1) is 5.86.